The van der Waals surface area contributed by atoms with Crippen LogP contribution >= 0.6 is 11.8 Å². The van der Waals surface area contributed by atoms with Gasteiger partial charge < -0.3 is 5.11 Å². The highest BCUT2D eigenvalue weighted by molar-refractivity contribution is 7.99. The van der Waals surface area contributed by atoms with Crippen LogP contribution in [-0.4, -0.2) is 22.7 Å². The lowest BCUT2D eigenvalue weighted by Crippen LogP contribution is -2.29. The molecule has 0 spiro atoms. The highest BCUT2D eigenvalue weighted by Crippen LogP contribution is 2.57. The smallest absolute Gasteiger partial charge is 0.0574 e. The first-order chi connectivity index (χ1) is 5.36. The van der Waals surface area contributed by atoms with Crippen LogP contribution in [0.1, 0.15) is 12.8 Å². The Kier molecular flexibility index (Phi) is 1.34. The molecule has 1 heterocycles. The lowest BCUT2D eigenvalue weighted by Gasteiger charge is -2.27. The predicted octanol–water partition coefficient (Wildman–Crippen LogP) is 1.37. The summed E-state index contributed by atoms with van der Waals surface area (Å²) >= 11 is 2.10. The van der Waals surface area contributed by atoms with Gasteiger partial charge >= 0.3 is 0 Å². The third-order valence-electron chi connectivity index (χ3n) is 3.94. The summed E-state index contributed by atoms with van der Waals surface area (Å²) in [5, 5.41) is 9.66. The van der Waals surface area contributed by atoms with Crippen LogP contribution in [0.15, 0.2) is 0 Å². The van der Waals surface area contributed by atoms with Crippen LogP contribution in [-0.2, 0) is 0 Å². The summed E-state index contributed by atoms with van der Waals surface area (Å²) in [6, 6.07) is 0. The van der Waals surface area contributed by atoms with E-state index in [1.165, 1.54) is 17.9 Å². The van der Waals surface area contributed by atoms with Crippen molar-refractivity contribution in [2.75, 3.05) is 11.5 Å². The Balaban J connectivity index is 1.90. The number of thioether (sulfide) groups is 1. The van der Waals surface area contributed by atoms with Gasteiger partial charge in [-0.25, -0.2) is 0 Å². The SMILES string of the molecule is O[C@@H]1C[C@@H]2C[C@H]1[C@H]1CSC[C@@H]21. The van der Waals surface area contributed by atoms with Crippen molar-refractivity contribution in [3.63, 3.8) is 0 Å². The van der Waals surface area contributed by atoms with Gasteiger partial charge in [0, 0.05) is 0 Å². The molecule has 2 aliphatic carbocycles. The molecule has 0 unspecified atom stereocenters. The van der Waals surface area contributed by atoms with Gasteiger partial charge in [0.15, 0.2) is 0 Å². The minimum Gasteiger partial charge on any atom is -0.393 e. The summed E-state index contributed by atoms with van der Waals surface area (Å²) in [6.07, 6.45) is 2.53. The second kappa shape index (κ2) is 2.17. The van der Waals surface area contributed by atoms with E-state index in [-0.39, 0.29) is 6.10 Å². The van der Waals surface area contributed by atoms with Gasteiger partial charge in [0.25, 0.3) is 0 Å². The van der Waals surface area contributed by atoms with E-state index in [4.69, 9.17) is 0 Å². The Morgan fingerprint density at radius 1 is 1.00 bits per heavy atom. The number of aliphatic hydroxyl groups is 1. The molecule has 2 bridgehead atoms. The van der Waals surface area contributed by atoms with E-state index >= 15 is 0 Å². The van der Waals surface area contributed by atoms with Crippen molar-refractivity contribution >= 4 is 11.8 Å². The van der Waals surface area contributed by atoms with Crippen LogP contribution < -0.4 is 0 Å². The predicted molar refractivity (Wildman–Crippen MR) is 46.5 cm³/mol. The molecular weight excluding hydrogens is 156 g/mol. The van der Waals surface area contributed by atoms with Crippen LogP contribution in [0, 0.1) is 23.7 Å². The largest absolute Gasteiger partial charge is 0.393 e. The minimum absolute atomic E-state index is 0.0694. The molecule has 1 saturated heterocycles. The summed E-state index contributed by atoms with van der Waals surface area (Å²) in [5.41, 5.74) is 0. The quantitative estimate of drug-likeness (QED) is 0.592. The molecular formula is C9H14OS. The molecule has 0 radical (unpaired) electrons. The Bertz CT molecular complexity index is 182. The second-order valence-corrected chi connectivity index (χ2v) is 5.40. The number of fused-ring (bicyclic) bond motifs is 5. The average Bonchev–Trinajstić information content (AvgIpc) is 2.52. The maximum Gasteiger partial charge on any atom is 0.0574 e. The molecule has 1 nitrogen and oxygen atoms in total. The number of aliphatic hydroxyl groups excluding tert-OH is 1. The number of rotatable bonds is 0. The lowest BCUT2D eigenvalue weighted by molar-refractivity contribution is 0.0704. The standard InChI is InChI=1S/C9H14OS/c10-9-2-5-1-6(9)8-4-11-3-7(5)8/h5-10H,1-4H2/t5-,6-,7-,8+,9+/m0/s1. The minimum atomic E-state index is 0.0694. The molecule has 1 N–H and O–H groups in total. The zero-order valence-electron chi connectivity index (χ0n) is 6.57. The molecule has 3 rings (SSSR count). The summed E-state index contributed by atoms with van der Waals surface area (Å²) in [6.45, 7) is 0. The van der Waals surface area contributed by atoms with Gasteiger partial charge in [-0.3, -0.25) is 0 Å². The van der Waals surface area contributed by atoms with Gasteiger partial charge in [-0.05, 0) is 48.0 Å². The Hall–Kier alpha value is 0.310. The number of hydrogen-bond donors (Lipinski definition) is 1. The maximum atomic E-state index is 9.66. The normalized spacial score (nSPS) is 60.3. The zero-order valence-corrected chi connectivity index (χ0v) is 7.39. The monoisotopic (exact) mass is 170 g/mol. The molecule has 5 atom stereocenters. The van der Waals surface area contributed by atoms with Gasteiger partial charge in [0.05, 0.1) is 6.10 Å². The Morgan fingerprint density at radius 2 is 1.82 bits per heavy atom. The molecule has 0 amide bonds. The van der Waals surface area contributed by atoms with Crippen molar-refractivity contribution < 1.29 is 5.11 Å². The topological polar surface area (TPSA) is 20.2 Å². The molecule has 0 aromatic rings. The van der Waals surface area contributed by atoms with Crippen LogP contribution in [0.3, 0.4) is 0 Å². The van der Waals surface area contributed by atoms with E-state index in [2.05, 4.69) is 11.8 Å². The van der Waals surface area contributed by atoms with Gasteiger partial charge in [0.1, 0.15) is 0 Å². The van der Waals surface area contributed by atoms with Gasteiger partial charge in [-0.15, -0.1) is 0 Å². The van der Waals surface area contributed by atoms with Crippen LogP contribution in [0.4, 0.5) is 0 Å². The van der Waals surface area contributed by atoms with Crippen molar-refractivity contribution in [2.45, 2.75) is 18.9 Å². The van der Waals surface area contributed by atoms with Gasteiger partial charge in [-0.2, -0.15) is 11.8 Å². The highest BCUT2D eigenvalue weighted by atomic mass is 32.2. The Morgan fingerprint density at radius 3 is 2.73 bits per heavy atom. The molecule has 11 heavy (non-hydrogen) atoms. The maximum absolute atomic E-state index is 9.66. The molecule has 62 valence electrons. The highest BCUT2D eigenvalue weighted by Gasteiger charge is 2.53. The molecule has 0 aromatic heterocycles. The van der Waals surface area contributed by atoms with Crippen LogP contribution in [0.2, 0.25) is 0 Å². The number of hydrogen-bond acceptors (Lipinski definition) is 2. The van der Waals surface area contributed by atoms with Crippen molar-refractivity contribution in [3.8, 4) is 0 Å². The second-order valence-electron chi connectivity index (χ2n) is 4.33. The fraction of sp³-hybridized carbons (Fsp3) is 1.00. The zero-order chi connectivity index (χ0) is 7.42. The molecule has 2 saturated carbocycles. The fourth-order valence-electron chi connectivity index (χ4n) is 3.41. The van der Waals surface area contributed by atoms with Crippen molar-refractivity contribution in [1.29, 1.82) is 0 Å². The van der Waals surface area contributed by atoms with E-state index < -0.39 is 0 Å². The summed E-state index contributed by atoms with van der Waals surface area (Å²) in [7, 11) is 0. The van der Waals surface area contributed by atoms with Crippen molar-refractivity contribution in [1.82, 2.24) is 0 Å². The third-order valence-corrected chi connectivity index (χ3v) is 5.18. The van der Waals surface area contributed by atoms with Gasteiger partial charge in [-0.1, -0.05) is 0 Å². The lowest BCUT2D eigenvalue weighted by atomic mass is 9.80. The van der Waals surface area contributed by atoms with Crippen molar-refractivity contribution in [2.24, 2.45) is 23.7 Å². The molecule has 1 aliphatic heterocycles. The molecule has 0 aromatic carbocycles. The first-order valence-electron chi connectivity index (χ1n) is 4.62. The van der Waals surface area contributed by atoms with E-state index in [0.717, 1.165) is 24.2 Å². The summed E-state index contributed by atoms with van der Waals surface area (Å²) in [5.74, 6) is 6.21. The third kappa shape index (κ3) is 0.775. The van der Waals surface area contributed by atoms with Crippen LogP contribution in [0.25, 0.3) is 0 Å². The fourth-order valence-corrected chi connectivity index (χ4v) is 5.11. The molecule has 2 heteroatoms. The average molecular weight is 170 g/mol. The van der Waals surface area contributed by atoms with E-state index in [1.807, 2.05) is 0 Å². The summed E-state index contributed by atoms with van der Waals surface area (Å²) in [4.78, 5) is 0. The molecule has 3 fully saturated rings. The van der Waals surface area contributed by atoms with Crippen molar-refractivity contribution in [3.05, 3.63) is 0 Å². The molecule has 3 aliphatic rings. The Labute approximate surface area is 71.6 Å². The summed E-state index contributed by atoms with van der Waals surface area (Å²) < 4.78 is 0. The van der Waals surface area contributed by atoms with Gasteiger partial charge in [0.2, 0.25) is 0 Å². The van der Waals surface area contributed by atoms with E-state index in [1.54, 1.807) is 0 Å². The van der Waals surface area contributed by atoms with E-state index in [9.17, 15) is 5.11 Å². The first kappa shape index (κ1) is 6.79. The van der Waals surface area contributed by atoms with Crippen LogP contribution in [0.5, 0.6) is 0 Å². The van der Waals surface area contributed by atoms with E-state index in [0.29, 0.717) is 5.92 Å². The first-order valence-corrected chi connectivity index (χ1v) is 5.77.